The molecule has 0 aliphatic carbocycles. The predicted molar refractivity (Wildman–Crippen MR) is 91.7 cm³/mol. The van der Waals surface area contributed by atoms with Crippen molar-refractivity contribution in [1.82, 2.24) is 4.72 Å². The van der Waals surface area contributed by atoms with Crippen LogP contribution >= 0.6 is 11.6 Å². The number of halogens is 1. The maximum absolute atomic E-state index is 12.1. The minimum absolute atomic E-state index is 0.0126. The monoisotopic (exact) mass is 389 g/mol. The van der Waals surface area contributed by atoms with Gasteiger partial charge in [0.1, 0.15) is 12.4 Å². The topological polar surface area (TPSA) is 89.5 Å². The summed E-state index contributed by atoms with van der Waals surface area (Å²) in [5.41, 5.74) is 0. The molecule has 0 heterocycles. The van der Waals surface area contributed by atoms with Crippen molar-refractivity contribution < 1.29 is 21.6 Å². The van der Waals surface area contributed by atoms with Gasteiger partial charge in [0.05, 0.1) is 9.79 Å². The lowest BCUT2D eigenvalue weighted by molar-refractivity contribution is 0.323. The molecule has 0 unspecified atom stereocenters. The normalized spacial score (nSPS) is 12.1. The van der Waals surface area contributed by atoms with Gasteiger partial charge in [-0.3, -0.25) is 0 Å². The predicted octanol–water partition coefficient (Wildman–Crippen LogP) is 2.10. The lowest BCUT2D eigenvalue weighted by Gasteiger charge is -2.09. The van der Waals surface area contributed by atoms with Crippen molar-refractivity contribution in [2.75, 3.05) is 19.4 Å². The van der Waals surface area contributed by atoms with Gasteiger partial charge in [-0.25, -0.2) is 21.6 Å². The van der Waals surface area contributed by atoms with E-state index in [2.05, 4.69) is 4.72 Å². The average Bonchev–Trinajstić information content (AvgIpc) is 2.52. The Morgan fingerprint density at radius 3 is 2.00 bits per heavy atom. The number of sulfone groups is 1. The third-order valence-corrected chi connectivity index (χ3v) is 5.90. The molecule has 0 atom stereocenters. The zero-order valence-corrected chi connectivity index (χ0v) is 15.2. The van der Waals surface area contributed by atoms with Crippen LogP contribution in [0.3, 0.4) is 0 Å². The van der Waals surface area contributed by atoms with Gasteiger partial charge in [0.2, 0.25) is 10.0 Å². The van der Waals surface area contributed by atoms with Crippen molar-refractivity contribution >= 4 is 31.5 Å². The smallest absolute Gasteiger partial charge is 0.240 e. The van der Waals surface area contributed by atoms with Crippen molar-refractivity contribution in [2.45, 2.75) is 9.79 Å². The van der Waals surface area contributed by atoms with Gasteiger partial charge in [0.25, 0.3) is 0 Å². The van der Waals surface area contributed by atoms with E-state index in [1.807, 2.05) is 0 Å². The molecular weight excluding hydrogens is 374 g/mol. The van der Waals surface area contributed by atoms with E-state index < -0.39 is 19.9 Å². The molecule has 0 bridgehead atoms. The van der Waals surface area contributed by atoms with Crippen LogP contribution in [-0.2, 0) is 19.9 Å². The Labute approximate surface area is 146 Å². The Morgan fingerprint density at radius 1 is 0.917 bits per heavy atom. The van der Waals surface area contributed by atoms with Gasteiger partial charge in [-0.05, 0) is 48.5 Å². The molecule has 0 radical (unpaired) electrons. The minimum Gasteiger partial charge on any atom is -0.492 e. The number of hydrogen-bond donors (Lipinski definition) is 1. The molecule has 0 aliphatic heterocycles. The molecule has 0 fully saturated rings. The van der Waals surface area contributed by atoms with E-state index in [4.69, 9.17) is 16.3 Å². The Kier molecular flexibility index (Phi) is 5.87. The summed E-state index contributed by atoms with van der Waals surface area (Å²) >= 11 is 5.76. The van der Waals surface area contributed by atoms with Crippen molar-refractivity contribution in [3.63, 3.8) is 0 Å². The fraction of sp³-hybridized carbons (Fsp3) is 0.200. The van der Waals surface area contributed by atoms with Crippen molar-refractivity contribution in [2.24, 2.45) is 0 Å². The van der Waals surface area contributed by atoms with E-state index in [0.29, 0.717) is 10.8 Å². The molecule has 0 saturated heterocycles. The fourth-order valence-electron chi connectivity index (χ4n) is 1.83. The average molecular weight is 390 g/mol. The van der Waals surface area contributed by atoms with Gasteiger partial charge in [-0.2, -0.15) is 0 Å². The second-order valence-corrected chi connectivity index (χ2v) is 9.16. The summed E-state index contributed by atoms with van der Waals surface area (Å²) in [6.07, 6.45) is 1.06. The van der Waals surface area contributed by atoms with E-state index in [1.54, 1.807) is 24.3 Å². The van der Waals surface area contributed by atoms with E-state index in [1.165, 1.54) is 24.3 Å². The first-order valence-corrected chi connectivity index (χ1v) is 10.6. The quantitative estimate of drug-likeness (QED) is 0.732. The molecule has 0 aliphatic rings. The molecule has 6 nitrogen and oxygen atoms in total. The first-order chi connectivity index (χ1) is 11.2. The Bertz CT molecular complexity index is 892. The first-order valence-electron chi connectivity index (χ1n) is 6.87. The van der Waals surface area contributed by atoms with Crippen LogP contribution < -0.4 is 9.46 Å². The minimum atomic E-state index is -3.73. The van der Waals surface area contributed by atoms with Gasteiger partial charge >= 0.3 is 0 Å². The summed E-state index contributed by atoms with van der Waals surface area (Å²) < 4.78 is 54.8. The molecule has 9 heteroatoms. The Morgan fingerprint density at radius 2 is 1.46 bits per heavy atom. The van der Waals surface area contributed by atoms with Crippen LogP contribution in [0.2, 0.25) is 5.02 Å². The molecule has 2 rings (SSSR count). The maximum Gasteiger partial charge on any atom is 0.240 e. The highest BCUT2D eigenvalue weighted by Crippen LogP contribution is 2.16. The fourth-order valence-corrected chi connectivity index (χ4v) is 3.59. The van der Waals surface area contributed by atoms with Crippen molar-refractivity contribution in [3.05, 3.63) is 53.6 Å². The molecule has 0 aromatic heterocycles. The zero-order chi connectivity index (χ0) is 17.8. The van der Waals surface area contributed by atoms with Crippen molar-refractivity contribution in [1.29, 1.82) is 0 Å². The van der Waals surface area contributed by atoms with Gasteiger partial charge in [-0.15, -0.1) is 0 Å². The zero-order valence-electron chi connectivity index (χ0n) is 12.8. The summed E-state index contributed by atoms with van der Waals surface area (Å²) in [5, 5.41) is 0.584. The molecule has 24 heavy (non-hydrogen) atoms. The van der Waals surface area contributed by atoms with Gasteiger partial charge in [0, 0.05) is 17.8 Å². The van der Waals surface area contributed by atoms with Gasteiger partial charge < -0.3 is 4.74 Å². The third-order valence-electron chi connectivity index (χ3n) is 3.04. The third kappa shape index (κ3) is 5.20. The molecule has 0 spiro atoms. The highest BCUT2D eigenvalue weighted by molar-refractivity contribution is 7.90. The number of nitrogens with one attached hydrogen (secondary N) is 1. The maximum atomic E-state index is 12.1. The molecule has 0 saturated carbocycles. The largest absolute Gasteiger partial charge is 0.492 e. The SMILES string of the molecule is CS(=O)(=O)c1ccc(S(=O)(=O)NCCOc2ccc(Cl)cc2)cc1. The van der Waals surface area contributed by atoms with Crippen LogP contribution in [0.25, 0.3) is 0 Å². The standard InChI is InChI=1S/C15H16ClNO5S2/c1-23(18,19)14-6-8-15(9-7-14)24(20,21)17-10-11-22-13-4-2-12(16)3-5-13/h2-9,17H,10-11H2,1H3. The van der Waals surface area contributed by atoms with E-state index in [9.17, 15) is 16.8 Å². The second-order valence-electron chi connectivity index (χ2n) is 4.94. The van der Waals surface area contributed by atoms with Gasteiger partial charge in [-0.1, -0.05) is 11.6 Å². The highest BCUT2D eigenvalue weighted by atomic mass is 35.5. The highest BCUT2D eigenvalue weighted by Gasteiger charge is 2.15. The molecule has 0 amide bonds. The van der Waals surface area contributed by atoms with E-state index in [0.717, 1.165) is 6.26 Å². The number of ether oxygens (including phenoxy) is 1. The van der Waals surface area contributed by atoms with Crippen LogP contribution in [0.5, 0.6) is 5.75 Å². The van der Waals surface area contributed by atoms with Crippen molar-refractivity contribution in [3.8, 4) is 5.75 Å². The summed E-state index contributed by atoms with van der Waals surface area (Å²) in [5.74, 6) is 0.580. The first kappa shape index (κ1) is 18.7. The van der Waals surface area contributed by atoms with Crippen LogP contribution in [0, 0.1) is 0 Å². The van der Waals surface area contributed by atoms with Crippen LogP contribution in [0.1, 0.15) is 0 Å². The summed E-state index contributed by atoms with van der Waals surface area (Å²) in [6, 6.07) is 11.7. The Hall–Kier alpha value is -1.61. The molecular formula is C15H16ClNO5S2. The van der Waals surface area contributed by atoms with E-state index in [-0.39, 0.29) is 22.9 Å². The number of rotatable bonds is 7. The molecule has 130 valence electrons. The van der Waals surface area contributed by atoms with Crippen LogP contribution in [-0.4, -0.2) is 36.2 Å². The second kappa shape index (κ2) is 7.52. The Balaban J connectivity index is 1.92. The van der Waals surface area contributed by atoms with Crippen LogP contribution in [0.4, 0.5) is 0 Å². The molecule has 2 aromatic rings. The number of sulfonamides is 1. The lowest BCUT2D eigenvalue weighted by atomic mass is 10.3. The molecule has 2 aromatic carbocycles. The summed E-state index contributed by atoms with van der Waals surface area (Å²) in [6.45, 7) is 0.209. The molecule has 1 N–H and O–H groups in total. The number of benzene rings is 2. The number of hydrogen-bond acceptors (Lipinski definition) is 5. The lowest BCUT2D eigenvalue weighted by Crippen LogP contribution is -2.28. The van der Waals surface area contributed by atoms with E-state index >= 15 is 0 Å². The van der Waals surface area contributed by atoms with Gasteiger partial charge in [0.15, 0.2) is 9.84 Å². The summed E-state index contributed by atoms with van der Waals surface area (Å²) in [7, 11) is -7.09. The van der Waals surface area contributed by atoms with Crippen LogP contribution in [0.15, 0.2) is 58.3 Å². The summed E-state index contributed by atoms with van der Waals surface area (Å²) in [4.78, 5) is 0.0499.